The predicted octanol–water partition coefficient (Wildman–Crippen LogP) is 14.8. The van der Waals surface area contributed by atoms with Crippen LogP contribution in [0.15, 0.2) is 213 Å². The molecule has 0 fully saturated rings. The molecule has 0 atom stereocenters. The molecule has 318 valence electrons. The summed E-state index contributed by atoms with van der Waals surface area (Å²) in [7, 11) is 0. The van der Waals surface area contributed by atoms with Crippen LogP contribution >= 0.6 is 0 Å². The molecule has 10 aromatic rings. The van der Waals surface area contributed by atoms with Crippen LogP contribution in [0, 0.1) is 25.1 Å². The Morgan fingerprint density at radius 3 is 1.38 bits per heavy atom. The molecule has 3 heterocycles. The Hall–Kier alpha value is -7.36. The number of aryl methyl sites for hydroxylation is 5. The van der Waals surface area contributed by atoms with Gasteiger partial charge in [0.25, 0.3) is 0 Å². The Bertz CT molecular complexity index is 3040. The summed E-state index contributed by atoms with van der Waals surface area (Å²) in [6.07, 6.45) is 9.60. The zero-order valence-corrected chi connectivity index (χ0v) is 39.1. The van der Waals surface area contributed by atoms with E-state index in [1.165, 1.54) is 61.2 Å². The van der Waals surface area contributed by atoms with E-state index in [4.69, 9.17) is 15.0 Å². The van der Waals surface area contributed by atoms with Gasteiger partial charge in [0.05, 0.1) is 0 Å². The van der Waals surface area contributed by atoms with Gasteiger partial charge in [0.1, 0.15) is 0 Å². The molecule has 0 aliphatic carbocycles. The van der Waals surface area contributed by atoms with E-state index in [0.29, 0.717) is 0 Å². The largest absolute Gasteiger partial charge is 3.00 e. The zero-order valence-electron chi connectivity index (χ0n) is 36.7. The van der Waals surface area contributed by atoms with Crippen molar-refractivity contribution in [1.29, 1.82) is 0 Å². The Kier molecular flexibility index (Phi) is 13.7. The Balaban J connectivity index is 0.00000548. The first-order valence-corrected chi connectivity index (χ1v) is 22.3. The monoisotopic (exact) mass is 1030 g/mol. The van der Waals surface area contributed by atoms with E-state index in [-0.39, 0.29) is 20.1 Å². The Labute approximate surface area is 402 Å². The zero-order chi connectivity index (χ0) is 43.8. The molecule has 0 radical (unpaired) electrons. The number of hydrogen-bond acceptors (Lipinski definition) is 3. The Morgan fingerprint density at radius 1 is 0.348 bits per heavy atom. The molecule has 0 aliphatic rings. The topological polar surface area (TPSA) is 38.7 Å². The van der Waals surface area contributed by atoms with Crippen molar-refractivity contribution in [3.05, 3.63) is 259 Å². The maximum absolute atomic E-state index is 5.04. The number of nitrogens with zero attached hydrogens (tertiary/aromatic N) is 3. The quantitative estimate of drug-likeness (QED) is 0.108. The van der Waals surface area contributed by atoms with Gasteiger partial charge >= 0.3 is 20.1 Å². The molecule has 0 N–H and O–H groups in total. The van der Waals surface area contributed by atoms with Crippen LogP contribution in [0.4, 0.5) is 0 Å². The van der Waals surface area contributed by atoms with E-state index in [2.05, 4.69) is 183 Å². The summed E-state index contributed by atoms with van der Waals surface area (Å²) in [5.41, 5.74) is 21.4. The molecule has 0 bridgehead atoms. The summed E-state index contributed by atoms with van der Waals surface area (Å²) in [5, 5.41) is 0. The van der Waals surface area contributed by atoms with Crippen LogP contribution in [0.2, 0.25) is 0 Å². The van der Waals surface area contributed by atoms with Crippen LogP contribution in [0.5, 0.6) is 0 Å². The van der Waals surface area contributed by atoms with Crippen molar-refractivity contribution in [3.63, 3.8) is 0 Å². The average molecular weight is 1030 g/mol. The third-order valence-corrected chi connectivity index (χ3v) is 12.1. The van der Waals surface area contributed by atoms with Gasteiger partial charge in [-0.1, -0.05) is 146 Å². The van der Waals surface area contributed by atoms with Crippen LogP contribution in [0.3, 0.4) is 0 Å². The molecule has 3 aromatic heterocycles. The molecule has 7 aromatic carbocycles. The standard InChI is InChI=1S/C62H46N3.Ir/c1-44-21-28-54(40-59(44)51-31-29-50(30-32-51)49-13-5-2-6-14-49)62-36-33-55(43-65-62)57-19-11-12-20-58(57)56-38-47(24-22-45-26-34-60(63-41-45)52-15-7-3-8-16-52)37-48(39-56)25-23-46-27-35-61(64-42-46)53-17-9-4-10-18-53;/h2-15,17,19-21,26-27,29-43H,22-25H2,1H3;/q-3;+3. The molecule has 0 spiro atoms. The molecular weight excluding hydrogens is 979 g/mol. The second-order valence-electron chi connectivity index (χ2n) is 16.6. The first kappa shape index (κ1) is 43.9. The van der Waals surface area contributed by atoms with Gasteiger partial charge in [-0.2, -0.15) is 0 Å². The second kappa shape index (κ2) is 20.6. The molecular formula is C62H46IrN3. The third-order valence-electron chi connectivity index (χ3n) is 12.1. The molecule has 4 heteroatoms. The van der Waals surface area contributed by atoms with Gasteiger partial charge < -0.3 is 15.0 Å². The van der Waals surface area contributed by atoms with Crippen molar-refractivity contribution in [2.45, 2.75) is 32.6 Å². The number of benzene rings is 7. The fourth-order valence-corrected chi connectivity index (χ4v) is 8.55. The maximum atomic E-state index is 5.04. The third kappa shape index (κ3) is 10.3. The Morgan fingerprint density at radius 2 is 0.833 bits per heavy atom. The van der Waals surface area contributed by atoms with Crippen LogP contribution < -0.4 is 0 Å². The van der Waals surface area contributed by atoms with Crippen molar-refractivity contribution in [2.75, 3.05) is 0 Å². The van der Waals surface area contributed by atoms with E-state index < -0.39 is 0 Å². The number of aromatic nitrogens is 3. The van der Waals surface area contributed by atoms with E-state index in [9.17, 15) is 0 Å². The fourth-order valence-electron chi connectivity index (χ4n) is 8.55. The SMILES string of the molecule is Cc1c[c-]c(-c2ccc(-c3ccccc3-c3cc(CCc4ccc(-c5[c-]cccc5)nc4)cc(CCc4ccc(-c5[c-]cccc5)nc4)c3)cn2)cc1-c1ccc(-c2ccccc2)cc1.[Ir+3]. The smallest absolute Gasteiger partial charge is 0.304 e. The van der Waals surface area contributed by atoms with Crippen LogP contribution in [-0.4, -0.2) is 15.0 Å². The first-order valence-electron chi connectivity index (χ1n) is 22.3. The molecule has 0 amide bonds. The normalized spacial score (nSPS) is 10.9. The fraction of sp³-hybridized carbons (Fsp3) is 0.0806. The van der Waals surface area contributed by atoms with Gasteiger partial charge in [-0.25, -0.2) is 0 Å². The van der Waals surface area contributed by atoms with Gasteiger partial charge in [-0.05, 0) is 104 Å². The predicted molar refractivity (Wildman–Crippen MR) is 267 cm³/mol. The van der Waals surface area contributed by atoms with Gasteiger partial charge in [-0.15, -0.1) is 101 Å². The summed E-state index contributed by atoms with van der Waals surface area (Å²) < 4.78 is 0. The molecule has 0 saturated carbocycles. The van der Waals surface area contributed by atoms with E-state index in [0.717, 1.165) is 70.6 Å². The van der Waals surface area contributed by atoms with Crippen molar-refractivity contribution in [1.82, 2.24) is 15.0 Å². The molecule has 0 unspecified atom stereocenters. The first-order chi connectivity index (χ1) is 32.1. The summed E-state index contributed by atoms with van der Waals surface area (Å²) in [4.78, 5) is 14.6. The van der Waals surface area contributed by atoms with E-state index >= 15 is 0 Å². The summed E-state index contributed by atoms with van der Waals surface area (Å²) in [5.74, 6) is 0. The molecule has 10 rings (SSSR count). The molecule has 66 heavy (non-hydrogen) atoms. The number of hydrogen-bond donors (Lipinski definition) is 0. The molecule has 0 saturated heterocycles. The minimum atomic E-state index is 0. The molecule has 0 aliphatic heterocycles. The van der Waals surface area contributed by atoms with Crippen LogP contribution in [0.25, 0.3) is 78.3 Å². The van der Waals surface area contributed by atoms with Gasteiger partial charge in [0.2, 0.25) is 0 Å². The van der Waals surface area contributed by atoms with E-state index in [1.54, 1.807) is 0 Å². The van der Waals surface area contributed by atoms with Gasteiger partial charge in [0, 0.05) is 18.6 Å². The average Bonchev–Trinajstić information content (AvgIpc) is 3.39. The van der Waals surface area contributed by atoms with Crippen LogP contribution in [-0.2, 0) is 45.8 Å². The van der Waals surface area contributed by atoms with Crippen molar-refractivity contribution >= 4 is 0 Å². The number of rotatable bonds is 13. The summed E-state index contributed by atoms with van der Waals surface area (Å²) in [6, 6.07) is 78.4. The minimum absolute atomic E-state index is 0. The van der Waals surface area contributed by atoms with Crippen molar-refractivity contribution in [2.24, 2.45) is 0 Å². The summed E-state index contributed by atoms with van der Waals surface area (Å²) in [6.45, 7) is 2.15. The second-order valence-corrected chi connectivity index (χ2v) is 16.6. The maximum Gasteiger partial charge on any atom is 3.00 e. The van der Waals surface area contributed by atoms with Gasteiger partial charge in [0.15, 0.2) is 0 Å². The van der Waals surface area contributed by atoms with Crippen LogP contribution in [0.1, 0.15) is 27.8 Å². The van der Waals surface area contributed by atoms with E-state index in [1.807, 2.05) is 55.0 Å². The van der Waals surface area contributed by atoms with Crippen molar-refractivity contribution in [3.8, 4) is 78.3 Å². The minimum Gasteiger partial charge on any atom is -0.304 e. The summed E-state index contributed by atoms with van der Waals surface area (Å²) >= 11 is 0. The molecule has 3 nitrogen and oxygen atoms in total. The van der Waals surface area contributed by atoms with Crippen molar-refractivity contribution < 1.29 is 20.1 Å². The van der Waals surface area contributed by atoms with Gasteiger partial charge in [-0.3, -0.25) is 0 Å². The number of pyridine rings is 3.